The van der Waals surface area contributed by atoms with E-state index >= 15 is 0 Å². The van der Waals surface area contributed by atoms with Gasteiger partial charge in [-0.2, -0.15) is 0 Å². The van der Waals surface area contributed by atoms with Crippen molar-refractivity contribution in [2.45, 2.75) is 52.2 Å². The molecule has 1 N–H and O–H groups in total. The van der Waals surface area contributed by atoms with Crippen LogP contribution in [0.25, 0.3) is 11.0 Å². The van der Waals surface area contributed by atoms with Crippen LogP contribution in [0.3, 0.4) is 0 Å². The number of hydrogen-bond acceptors (Lipinski definition) is 6. The van der Waals surface area contributed by atoms with E-state index in [1.807, 2.05) is 52.0 Å². The minimum Gasteiger partial charge on any atom is -0.475 e. The molecule has 1 atom stereocenters. The molecule has 2 aromatic rings. The molecule has 3 rings (SSSR count). The molecule has 1 aromatic carbocycles. The van der Waals surface area contributed by atoms with E-state index in [0.717, 1.165) is 36.2 Å². The van der Waals surface area contributed by atoms with Crippen molar-refractivity contribution in [3.63, 3.8) is 0 Å². The highest BCUT2D eigenvalue weighted by molar-refractivity contribution is 5.77. The Balaban J connectivity index is 1.79. The second-order valence-corrected chi connectivity index (χ2v) is 7.71. The van der Waals surface area contributed by atoms with Crippen molar-refractivity contribution in [1.82, 2.24) is 15.3 Å². The Kier molecular flexibility index (Phi) is 5.68. The molecule has 7 nitrogen and oxygen atoms in total. The first kappa shape index (κ1) is 19.2. The van der Waals surface area contributed by atoms with Gasteiger partial charge in [0, 0.05) is 19.1 Å². The first-order valence-electron chi connectivity index (χ1n) is 9.50. The quantitative estimate of drug-likeness (QED) is 0.885. The van der Waals surface area contributed by atoms with Crippen molar-refractivity contribution >= 4 is 22.9 Å². The highest BCUT2D eigenvalue weighted by Gasteiger charge is 2.27. The molecule has 0 aliphatic carbocycles. The van der Waals surface area contributed by atoms with Crippen LogP contribution in [0.4, 0.5) is 10.6 Å². The maximum Gasteiger partial charge on any atom is 0.407 e. The molecule has 2 heterocycles. The van der Waals surface area contributed by atoms with Crippen LogP contribution in [-0.2, 0) is 4.74 Å². The number of para-hydroxylation sites is 2. The lowest BCUT2D eigenvalue weighted by atomic mass is 10.1. The van der Waals surface area contributed by atoms with Crippen molar-refractivity contribution in [2.24, 2.45) is 0 Å². The molecule has 1 aliphatic rings. The standard InChI is InChI=1S/C20H28N4O3/c1-5-26-18-17(22-15-10-6-7-11-16(15)23-18)24-12-8-9-14(13-24)21-19(25)27-20(2,3)4/h6-7,10-11,14H,5,8-9,12-13H2,1-4H3,(H,21,25). The fourth-order valence-electron chi connectivity index (χ4n) is 3.18. The number of fused-ring (bicyclic) bond motifs is 1. The summed E-state index contributed by atoms with van der Waals surface area (Å²) in [6.07, 6.45) is 1.46. The van der Waals surface area contributed by atoms with E-state index in [2.05, 4.69) is 15.2 Å². The van der Waals surface area contributed by atoms with Gasteiger partial charge in [0.2, 0.25) is 0 Å². The number of rotatable bonds is 4. The molecule has 1 aromatic heterocycles. The predicted octanol–water partition coefficient (Wildman–Crippen LogP) is 3.52. The minimum atomic E-state index is -0.510. The van der Waals surface area contributed by atoms with E-state index < -0.39 is 5.60 Å². The second kappa shape index (κ2) is 7.98. The fraction of sp³-hybridized carbons (Fsp3) is 0.550. The summed E-state index contributed by atoms with van der Waals surface area (Å²) in [4.78, 5) is 23.7. The van der Waals surface area contributed by atoms with E-state index in [4.69, 9.17) is 14.5 Å². The van der Waals surface area contributed by atoms with Crippen molar-refractivity contribution in [2.75, 3.05) is 24.6 Å². The summed E-state index contributed by atoms with van der Waals surface area (Å²) >= 11 is 0. The zero-order chi connectivity index (χ0) is 19.4. The lowest BCUT2D eigenvalue weighted by molar-refractivity contribution is 0.0500. The number of hydrogen-bond donors (Lipinski definition) is 1. The number of ether oxygens (including phenoxy) is 2. The molecule has 0 spiro atoms. The molecule has 1 unspecified atom stereocenters. The number of carbonyl (C=O) groups excluding carboxylic acids is 1. The molecule has 0 bridgehead atoms. The van der Waals surface area contributed by atoms with Crippen molar-refractivity contribution in [3.8, 4) is 5.88 Å². The SMILES string of the molecule is CCOc1nc2ccccc2nc1N1CCCC(NC(=O)OC(C)(C)C)C1. The highest BCUT2D eigenvalue weighted by atomic mass is 16.6. The zero-order valence-corrected chi connectivity index (χ0v) is 16.5. The average Bonchev–Trinajstić information content (AvgIpc) is 2.60. The van der Waals surface area contributed by atoms with Gasteiger partial charge in [-0.15, -0.1) is 0 Å². The zero-order valence-electron chi connectivity index (χ0n) is 16.5. The molecular formula is C20H28N4O3. The maximum absolute atomic E-state index is 12.1. The summed E-state index contributed by atoms with van der Waals surface area (Å²) in [7, 11) is 0. The van der Waals surface area contributed by atoms with Crippen LogP contribution in [0.1, 0.15) is 40.5 Å². The van der Waals surface area contributed by atoms with Crippen molar-refractivity contribution in [3.05, 3.63) is 24.3 Å². The van der Waals surface area contributed by atoms with Crippen LogP contribution < -0.4 is 15.0 Å². The van der Waals surface area contributed by atoms with Gasteiger partial charge in [-0.3, -0.25) is 0 Å². The van der Waals surface area contributed by atoms with Crippen LogP contribution in [-0.4, -0.2) is 47.4 Å². The lowest BCUT2D eigenvalue weighted by Crippen LogP contribution is -2.49. The Hall–Kier alpha value is -2.57. The van der Waals surface area contributed by atoms with Gasteiger partial charge in [0.25, 0.3) is 5.88 Å². The van der Waals surface area contributed by atoms with Gasteiger partial charge in [-0.25, -0.2) is 14.8 Å². The Labute approximate surface area is 160 Å². The number of amides is 1. The summed E-state index contributed by atoms with van der Waals surface area (Å²) in [6, 6.07) is 7.76. The number of piperidine rings is 1. The third-order valence-corrected chi connectivity index (χ3v) is 4.24. The Morgan fingerprint density at radius 2 is 1.96 bits per heavy atom. The van der Waals surface area contributed by atoms with E-state index in [9.17, 15) is 4.79 Å². The van der Waals surface area contributed by atoms with Crippen LogP contribution in [0.15, 0.2) is 24.3 Å². The summed E-state index contributed by atoms with van der Waals surface area (Å²) in [6.45, 7) is 9.53. The maximum atomic E-state index is 12.1. The number of nitrogens with one attached hydrogen (secondary N) is 1. The van der Waals surface area contributed by atoms with Crippen molar-refractivity contribution in [1.29, 1.82) is 0 Å². The second-order valence-electron chi connectivity index (χ2n) is 7.71. The Morgan fingerprint density at radius 1 is 1.26 bits per heavy atom. The Bertz CT molecular complexity index is 803. The number of nitrogens with zero attached hydrogens (tertiary/aromatic N) is 3. The van der Waals surface area contributed by atoms with Gasteiger partial charge in [-0.1, -0.05) is 12.1 Å². The summed E-state index contributed by atoms with van der Waals surface area (Å²) < 4.78 is 11.1. The molecule has 27 heavy (non-hydrogen) atoms. The number of alkyl carbamates (subject to hydrolysis) is 1. The third kappa shape index (κ3) is 4.99. The molecule has 1 amide bonds. The first-order valence-corrected chi connectivity index (χ1v) is 9.50. The van der Waals surface area contributed by atoms with Crippen LogP contribution in [0, 0.1) is 0 Å². The number of aromatic nitrogens is 2. The largest absolute Gasteiger partial charge is 0.475 e. The van der Waals surface area contributed by atoms with Gasteiger partial charge in [0.15, 0.2) is 5.82 Å². The molecule has 1 aliphatic heterocycles. The molecule has 1 saturated heterocycles. The van der Waals surface area contributed by atoms with Gasteiger partial charge in [-0.05, 0) is 52.7 Å². The topological polar surface area (TPSA) is 76.6 Å². The highest BCUT2D eigenvalue weighted by Crippen LogP contribution is 2.29. The number of anilines is 1. The predicted molar refractivity (Wildman–Crippen MR) is 105 cm³/mol. The van der Waals surface area contributed by atoms with E-state index in [1.165, 1.54) is 0 Å². The molecule has 0 saturated carbocycles. The Morgan fingerprint density at radius 3 is 2.63 bits per heavy atom. The van der Waals surface area contributed by atoms with E-state index in [1.54, 1.807) is 0 Å². The molecule has 7 heteroatoms. The van der Waals surface area contributed by atoms with Crippen molar-refractivity contribution < 1.29 is 14.3 Å². The summed E-state index contributed by atoms with van der Waals surface area (Å²) in [5, 5.41) is 2.97. The summed E-state index contributed by atoms with van der Waals surface area (Å²) in [5.74, 6) is 1.26. The molecular weight excluding hydrogens is 344 g/mol. The molecule has 0 radical (unpaired) electrons. The van der Waals surface area contributed by atoms with Gasteiger partial charge < -0.3 is 19.7 Å². The smallest absolute Gasteiger partial charge is 0.407 e. The summed E-state index contributed by atoms with van der Waals surface area (Å²) in [5.41, 5.74) is 1.13. The lowest BCUT2D eigenvalue weighted by Gasteiger charge is -2.34. The van der Waals surface area contributed by atoms with Gasteiger partial charge in [0.05, 0.1) is 17.6 Å². The third-order valence-electron chi connectivity index (χ3n) is 4.24. The first-order chi connectivity index (χ1) is 12.9. The van der Waals surface area contributed by atoms with Crippen LogP contribution >= 0.6 is 0 Å². The minimum absolute atomic E-state index is 0.00338. The van der Waals surface area contributed by atoms with Crippen LogP contribution in [0.5, 0.6) is 5.88 Å². The normalized spacial score (nSPS) is 17.6. The van der Waals surface area contributed by atoms with Gasteiger partial charge >= 0.3 is 6.09 Å². The van der Waals surface area contributed by atoms with Gasteiger partial charge in [0.1, 0.15) is 5.60 Å². The van der Waals surface area contributed by atoms with Crippen LogP contribution in [0.2, 0.25) is 0 Å². The van der Waals surface area contributed by atoms with E-state index in [-0.39, 0.29) is 12.1 Å². The molecule has 146 valence electrons. The average molecular weight is 372 g/mol. The fourth-order valence-corrected chi connectivity index (χ4v) is 3.18. The monoisotopic (exact) mass is 372 g/mol. The van der Waals surface area contributed by atoms with E-state index in [0.29, 0.717) is 19.0 Å². The molecule has 1 fully saturated rings. The number of carbonyl (C=O) groups is 1. The number of benzene rings is 1.